The average molecular weight is 499 g/mol. The van der Waals surface area contributed by atoms with Crippen molar-refractivity contribution in [3.05, 3.63) is 48.0 Å². The highest BCUT2D eigenvalue weighted by molar-refractivity contribution is 7.89. The lowest BCUT2D eigenvalue weighted by Crippen LogP contribution is -2.36. The van der Waals surface area contributed by atoms with Crippen LogP contribution in [0.4, 0.5) is 11.4 Å². The van der Waals surface area contributed by atoms with Gasteiger partial charge >= 0.3 is 0 Å². The molecule has 0 radical (unpaired) electrons. The van der Waals surface area contributed by atoms with Crippen LogP contribution in [0.1, 0.15) is 44.1 Å². The molecule has 2 amide bonds. The fraction of sp³-hybridized carbons (Fsp3) is 0.400. The molecule has 2 aromatic rings. The lowest BCUT2D eigenvalue weighted by atomic mass is 10.1. The summed E-state index contributed by atoms with van der Waals surface area (Å²) in [5, 5.41) is 8.28. The predicted molar refractivity (Wildman–Crippen MR) is 134 cm³/mol. The third-order valence-corrected chi connectivity index (χ3v) is 8.06. The van der Waals surface area contributed by atoms with Crippen molar-refractivity contribution in [3.63, 3.8) is 0 Å². The number of benzene rings is 2. The Morgan fingerprint density at radius 2 is 1.77 bits per heavy atom. The van der Waals surface area contributed by atoms with Gasteiger partial charge < -0.3 is 10.1 Å². The van der Waals surface area contributed by atoms with Crippen LogP contribution in [0.15, 0.2) is 52.5 Å². The molecule has 1 saturated heterocycles. The van der Waals surface area contributed by atoms with Crippen LogP contribution < -0.4 is 15.1 Å². The molecule has 35 heavy (non-hydrogen) atoms. The number of nitrogens with zero attached hydrogens (tertiary/aromatic N) is 3. The van der Waals surface area contributed by atoms with Crippen molar-refractivity contribution in [2.75, 3.05) is 30.5 Å². The molecule has 0 saturated carbocycles. The summed E-state index contributed by atoms with van der Waals surface area (Å²) in [5.41, 5.74) is 1.96. The SMILES string of the molecule is COc1ccc(S(=O)(=O)N2CCCCCC2)cc1NC(=O)C1=NN(c2cccc(C)c2)C(=O)CC1. The Bertz CT molecular complexity index is 1250. The van der Waals surface area contributed by atoms with E-state index in [1.165, 1.54) is 34.6 Å². The van der Waals surface area contributed by atoms with E-state index >= 15 is 0 Å². The molecule has 0 atom stereocenters. The van der Waals surface area contributed by atoms with Crippen LogP contribution in [0.3, 0.4) is 0 Å². The van der Waals surface area contributed by atoms with Gasteiger partial charge in [0, 0.05) is 25.9 Å². The maximum Gasteiger partial charge on any atom is 0.271 e. The fourth-order valence-electron chi connectivity index (χ4n) is 4.25. The van der Waals surface area contributed by atoms with E-state index in [9.17, 15) is 18.0 Å². The highest BCUT2D eigenvalue weighted by Gasteiger charge is 2.28. The molecule has 1 N–H and O–H groups in total. The summed E-state index contributed by atoms with van der Waals surface area (Å²) < 4.78 is 33.4. The molecule has 9 nitrogen and oxygen atoms in total. The van der Waals surface area contributed by atoms with Crippen LogP contribution in [0.2, 0.25) is 0 Å². The number of sulfonamides is 1. The molecule has 2 aliphatic heterocycles. The number of rotatable bonds is 6. The van der Waals surface area contributed by atoms with E-state index < -0.39 is 15.9 Å². The minimum atomic E-state index is -3.71. The minimum Gasteiger partial charge on any atom is -0.495 e. The van der Waals surface area contributed by atoms with Gasteiger partial charge in [0.1, 0.15) is 11.5 Å². The maximum absolute atomic E-state index is 13.2. The number of hydrazone groups is 1. The average Bonchev–Trinajstić information content (AvgIpc) is 3.14. The summed E-state index contributed by atoms with van der Waals surface area (Å²) in [5.74, 6) is -0.385. The second kappa shape index (κ2) is 10.6. The van der Waals surface area contributed by atoms with Gasteiger partial charge in [-0.3, -0.25) is 9.59 Å². The van der Waals surface area contributed by atoms with Crippen LogP contribution in [0.25, 0.3) is 0 Å². The zero-order valence-electron chi connectivity index (χ0n) is 20.0. The van der Waals surface area contributed by atoms with Crippen molar-refractivity contribution in [3.8, 4) is 5.75 Å². The molecule has 10 heteroatoms. The molecule has 4 rings (SSSR count). The van der Waals surface area contributed by atoms with E-state index in [0.29, 0.717) is 24.5 Å². The third-order valence-electron chi connectivity index (χ3n) is 6.16. The number of hydrogen-bond acceptors (Lipinski definition) is 6. The van der Waals surface area contributed by atoms with Gasteiger partial charge in [-0.2, -0.15) is 9.41 Å². The van der Waals surface area contributed by atoms with Crippen LogP contribution >= 0.6 is 0 Å². The monoisotopic (exact) mass is 498 g/mol. The van der Waals surface area contributed by atoms with Gasteiger partial charge in [0.25, 0.3) is 5.91 Å². The highest BCUT2D eigenvalue weighted by Crippen LogP contribution is 2.30. The lowest BCUT2D eigenvalue weighted by Gasteiger charge is -2.24. The van der Waals surface area contributed by atoms with E-state index in [2.05, 4.69) is 10.4 Å². The van der Waals surface area contributed by atoms with Crippen molar-refractivity contribution < 1.29 is 22.7 Å². The predicted octanol–water partition coefficient (Wildman–Crippen LogP) is 3.69. The van der Waals surface area contributed by atoms with Gasteiger partial charge in [-0.05, 0) is 55.7 Å². The van der Waals surface area contributed by atoms with Gasteiger partial charge in [-0.15, -0.1) is 0 Å². The summed E-state index contributed by atoms with van der Waals surface area (Å²) in [7, 11) is -2.26. The first kappa shape index (κ1) is 24.9. The highest BCUT2D eigenvalue weighted by atomic mass is 32.2. The number of carbonyl (C=O) groups is 2. The summed E-state index contributed by atoms with van der Waals surface area (Å²) in [4.78, 5) is 25.7. The molecule has 2 aromatic carbocycles. The standard InChI is InChI=1S/C25H30N4O5S/c1-18-8-7-9-19(16-18)29-24(30)13-11-21(27-29)25(31)26-22-17-20(10-12-23(22)34-2)35(32,33)28-14-5-3-4-6-15-28/h7-10,12,16-17H,3-6,11,13-15H2,1-2H3,(H,26,31). The van der Waals surface area contributed by atoms with Crippen LogP contribution in [0, 0.1) is 6.92 Å². The largest absolute Gasteiger partial charge is 0.495 e. The Kier molecular flexibility index (Phi) is 7.51. The van der Waals surface area contributed by atoms with Crippen molar-refractivity contribution in [1.29, 1.82) is 0 Å². The first-order chi connectivity index (χ1) is 16.8. The number of hydrogen-bond donors (Lipinski definition) is 1. The number of amides is 2. The van der Waals surface area contributed by atoms with Crippen LogP contribution in [0.5, 0.6) is 5.75 Å². The molecular weight excluding hydrogens is 468 g/mol. The summed E-state index contributed by atoms with van der Waals surface area (Å²) in [6.07, 6.45) is 4.01. The van der Waals surface area contributed by atoms with Crippen molar-refractivity contribution in [2.45, 2.75) is 50.3 Å². The van der Waals surface area contributed by atoms with Gasteiger partial charge in [0.2, 0.25) is 15.9 Å². The molecule has 2 heterocycles. The van der Waals surface area contributed by atoms with Crippen LogP contribution in [-0.4, -0.2) is 50.4 Å². The van der Waals surface area contributed by atoms with Crippen molar-refractivity contribution >= 4 is 38.9 Å². The number of aryl methyl sites for hydroxylation is 1. The van der Waals surface area contributed by atoms with Crippen LogP contribution in [-0.2, 0) is 19.6 Å². The minimum absolute atomic E-state index is 0.0950. The van der Waals surface area contributed by atoms with Crippen molar-refractivity contribution in [2.24, 2.45) is 5.10 Å². The number of ether oxygens (including phenoxy) is 1. The molecule has 1 fully saturated rings. The maximum atomic E-state index is 13.2. The quantitative estimate of drug-likeness (QED) is 0.654. The Morgan fingerprint density at radius 1 is 1.03 bits per heavy atom. The number of anilines is 2. The van der Waals surface area contributed by atoms with E-state index in [4.69, 9.17) is 4.74 Å². The molecule has 0 spiro atoms. The zero-order valence-corrected chi connectivity index (χ0v) is 20.8. The van der Waals surface area contributed by atoms with Gasteiger partial charge in [-0.1, -0.05) is 25.0 Å². The smallest absolute Gasteiger partial charge is 0.271 e. The van der Waals surface area contributed by atoms with Gasteiger partial charge in [0.05, 0.1) is 23.4 Å². The van der Waals surface area contributed by atoms with E-state index in [1.807, 2.05) is 25.1 Å². The Morgan fingerprint density at radius 3 is 2.46 bits per heavy atom. The topological polar surface area (TPSA) is 108 Å². The number of nitrogens with one attached hydrogen (secondary N) is 1. The summed E-state index contributed by atoms with van der Waals surface area (Å²) >= 11 is 0. The zero-order chi connectivity index (χ0) is 25.0. The number of methoxy groups -OCH3 is 1. The second-order valence-electron chi connectivity index (χ2n) is 8.73. The Balaban J connectivity index is 1.60. The Labute approximate surface area is 205 Å². The van der Waals surface area contributed by atoms with Gasteiger partial charge in [-0.25, -0.2) is 13.4 Å². The molecule has 0 unspecified atom stereocenters. The third kappa shape index (κ3) is 5.54. The number of carbonyl (C=O) groups excluding carboxylic acids is 2. The molecule has 0 aromatic heterocycles. The van der Waals surface area contributed by atoms with Crippen molar-refractivity contribution in [1.82, 2.24) is 4.31 Å². The second-order valence-corrected chi connectivity index (χ2v) is 10.7. The lowest BCUT2D eigenvalue weighted by molar-refractivity contribution is -0.118. The molecular formula is C25H30N4O5S. The normalized spacial score (nSPS) is 17.5. The van der Waals surface area contributed by atoms with E-state index in [0.717, 1.165) is 31.2 Å². The Hall–Kier alpha value is -3.24. The van der Waals surface area contributed by atoms with E-state index in [1.54, 1.807) is 6.07 Å². The summed E-state index contributed by atoms with van der Waals surface area (Å²) in [6, 6.07) is 11.8. The van der Waals surface area contributed by atoms with E-state index in [-0.39, 0.29) is 35.0 Å². The molecule has 0 bridgehead atoms. The first-order valence-electron chi connectivity index (χ1n) is 11.8. The molecule has 2 aliphatic rings. The van der Waals surface area contributed by atoms with Gasteiger partial charge in [0.15, 0.2) is 0 Å². The summed E-state index contributed by atoms with van der Waals surface area (Å²) in [6.45, 7) is 2.87. The first-order valence-corrected chi connectivity index (χ1v) is 13.2. The fourth-order valence-corrected chi connectivity index (χ4v) is 5.79. The molecule has 186 valence electrons. The molecule has 0 aliphatic carbocycles.